The summed E-state index contributed by atoms with van der Waals surface area (Å²) in [6.07, 6.45) is 9.72. The molecule has 2 fully saturated rings. The van der Waals surface area contributed by atoms with Crippen LogP contribution in [-0.4, -0.2) is 69.0 Å². The Kier molecular flexibility index (Phi) is 12.9. The van der Waals surface area contributed by atoms with Gasteiger partial charge in [-0.3, -0.25) is 9.59 Å². The van der Waals surface area contributed by atoms with E-state index in [0.717, 1.165) is 25.7 Å². The first-order valence-electron chi connectivity index (χ1n) is 15.7. The Hall–Kier alpha value is -1.74. The minimum Gasteiger partial charge on any atom is -0.460 e. The Morgan fingerprint density at radius 1 is 0.738 bits per heavy atom. The monoisotopic (exact) mass is 594 g/mol. The summed E-state index contributed by atoms with van der Waals surface area (Å²) in [6, 6.07) is 0. The molecule has 2 saturated heterocycles. The fraction of sp³-hybridized carbons (Fsp3) is 0.824. The number of aliphatic hydroxyl groups is 2. The fourth-order valence-electron chi connectivity index (χ4n) is 5.91. The number of carbonyl (C=O) groups excluding carboxylic acids is 2. The third-order valence-corrected chi connectivity index (χ3v) is 8.98. The first-order valence-corrected chi connectivity index (χ1v) is 15.7. The maximum absolute atomic E-state index is 11.8. The third kappa shape index (κ3) is 11.7. The average Bonchev–Trinajstić information content (AvgIpc) is 3.70. The van der Waals surface area contributed by atoms with Crippen LogP contribution in [0.2, 0.25) is 0 Å². The van der Waals surface area contributed by atoms with E-state index in [4.69, 9.17) is 18.9 Å². The van der Waals surface area contributed by atoms with Crippen LogP contribution in [-0.2, 0) is 28.5 Å². The molecule has 2 heterocycles. The predicted molar refractivity (Wildman–Crippen MR) is 164 cm³/mol. The first kappa shape index (κ1) is 36.5. The number of epoxide rings is 2. The summed E-state index contributed by atoms with van der Waals surface area (Å²) in [5, 5.41) is 22.2. The van der Waals surface area contributed by atoms with E-state index >= 15 is 0 Å². The number of hydrogen-bond acceptors (Lipinski definition) is 8. The van der Waals surface area contributed by atoms with Crippen LogP contribution >= 0.6 is 0 Å². The lowest BCUT2D eigenvalue weighted by Gasteiger charge is -2.32. The highest BCUT2D eigenvalue weighted by atomic mass is 16.6. The normalized spacial score (nSPS) is 28.9. The lowest BCUT2D eigenvalue weighted by atomic mass is 9.86. The molecule has 2 rings (SSSR count). The molecular formula is C34H58O8. The smallest absolute Gasteiger partial charge is 0.303 e. The summed E-state index contributed by atoms with van der Waals surface area (Å²) in [5.74, 6) is -0.784. The maximum atomic E-state index is 11.8. The Morgan fingerprint density at radius 2 is 1.07 bits per heavy atom. The molecule has 8 heteroatoms. The minimum atomic E-state index is -1.12. The van der Waals surface area contributed by atoms with E-state index in [1.54, 1.807) is 13.8 Å². The van der Waals surface area contributed by atoms with Gasteiger partial charge in [0.1, 0.15) is 12.2 Å². The number of allylic oxidation sites excluding steroid dienone is 4. The van der Waals surface area contributed by atoms with Crippen molar-refractivity contribution in [1.82, 2.24) is 0 Å². The molecule has 0 spiro atoms. The molecule has 2 aliphatic rings. The van der Waals surface area contributed by atoms with Gasteiger partial charge in [0.15, 0.2) is 0 Å². The number of rotatable bonds is 19. The van der Waals surface area contributed by atoms with Gasteiger partial charge in [-0.1, -0.05) is 23.3 Å². The van der Waals surface area contributed by atoms with Crippen molar-refractivity contribution in [3.63, 3.8) is 0 Å². The number of ether oxygens (including phenoxy) is 4. The minimum absolute atomic E-state index is 0.0872. The van der Waals surface area contributed by atoms with E-state index < -0.39 is 35.3 Å². The van der Waals surface area contributed by atoms with E-state index in [2.05, 4.69) is 26.0 Å². The second-order valence-electron chi connectivity index (χ2n) is 14.0. The highest BCUT2D eigenvalue weighted by Gasteiger charge is 2.56. The molecule has 8 atom stereocenters. The molecular weight excluding hydrogens is 536 g/mol. The first-order chi connectivity index (χ1) is 19.3. The van der Waals surface area contributed by atoms with Gasteiger partial charge in [-0.25, -0.2) is 0 Å². The zero-order valence-corrected chi connectivity index (χ0v) is 27.9. The molecule has 0 unspecified atom stereocenters. The topological polar surface area (TPSA) is 118 Å². The zero-order chi connectivity index (χ0) is 31.9. The molecule has 242 valence electrons. The fourth-order valence-corrected chi connectivity index (χ4v) is 5.91. The van der Waals surface area contributed by atoms with Gasteiger partial charge in [0.25, 0.3) is 0 Å². The van der Waals surface area contributed by atoms with Gasteiger partial charge >= 0.3 is 11.9 Å². The summed E-state index contributed by atoms with van der Waals surface area (Å²) >= 11 is 0. The van der Waals surface area contributed by atoms with Crippen molar-refractivity contribution in [3.8, 4) is 0 Å². The highest BCUT2D eigenvalue weighted by molar-refractivity contribution is 5.66. The average molecular weight is 595 g/mol. The molecule has 0 aliphatic carbocycles. The van der Waals surface area contributed by atoms with E-state index in [0.29, 0.717) is 38.5 Å². The van der Waals surface area contributed by atoms with Crippen LogP contribution in [0.3, 0.4) is 0 Å². The third-order valence-electron chi connectivity index (χ3n) is 8.98. The van der Waals surface area contributed by atoms with Crippen LogP contribution in [0.4, 0.5) is 0 Å². The van der Waals surface area contributed by atoms with Gasteiger partial charge in [-0.15, -0.1) is 0 Å². The molecule has 8 nitrogen and oxygen atoms in total. The van der Waals surface area contributed by atoms with E-state index in [1.807, 2.05) is 27.7 Å². The van der Waals surface area contributed by atoms with E-state index in [1.165, 1.54) is 25.0 Å². The SMILES string of the molecule is CC(=O)O[C@H](CC[C@]1(C)O[C@@H]1CC[C@H]1O[C@@]1(C)CC[C@@H](OC(C)=O)[C@@](C)(O)CCC=C(C)C)[C@@](C)(O)CCC=C(C)C. The van der Waals surface area contributed by atoms with Crippen LogP contribution in [0.25, 0.3) is 0 Å². The van der Waals surface area contributed by atoms with Crippen LogP contribution < -0.4 is 0 Å². The van der Waals surface area contributed by atoms with Crippen molar-refractivity contribution in [3.05, 3.63) is 23.3 Å². The van der Waals surface area contributed by atoms with Crippen molar-refractivity contribution >= 4 is 11.9 Å². The van der Waals surface area contributed by atoms with Crippen molar-refractivity contribution in [2.24, 2.45) is 0 Å². The molecule has 0 radical (unpaired) electrons. The van der Waals surface area contributed by atoms with Gasteiger partial charge in [-0.05, 0) is 120 Å². The summed E-state index contributed by atoms with van der Waals surface area (Å²) in [6.45, 7) is 18.5. The molecule has 0 amide bonds. The van der Waals surface area contributed by atoms with Crippen molar-refractivity contribution in [2.45, 2.75) is 180 Å². The molecule has 0 aromatic rings. The summed E-state index contributed by atoms with van der Waals surface area (Å²) in [7, 11) is 0. The molecule has 42 heavy (non-hydrogen) atoms. The molecule has 2 N–H and O–H groups in total. The lowest BCUT2D eigenvalue weighted by molar-refractivity contribution is -0.163. The predicted octanol–water partition coefficient (Wildman–Crippen LogP) is 6.50. The quantitative estimate of drug-likeness (QED) is 0.0988. The van der Waals surface area contributed by atoms with Crippen LogP contribution in [0, 0.1) is 0 Å². The maximum Gasteiger partial charge on any atom is 0.303 e. The molecule has 2 aliphatic heterocycles. The summed E-state index contributed by atoms with van der Waals surface area (Å²) < 4.78 is 23.3. The van der Waals surface area contributed by atoms with Crippen molar-refractivity contribution < 1.29 is 38.7 Å². The number of esters is 2. The largest absolute Gasteiger partial charge is 0.460 e. The van der Waals surface area contributed by atoms with Gasteiger partial charge in [0.05, 0.1) is 34.6 Å². The van der Waals surface area contributed by atoms with Gasteiger partial charge < -0.3 is 29.2 Å². The van der Waals surface area contributed by atoms with Crippen LogP contribution in [0.15, 0.2) is 23.3 Å². The molecule has 0 saturated carbocycles. The molecule has 0 aromatic heterocycles. The van der Waals surface area contributed by atoms with Crippen molar-refractivity contribution in [1.29, 1.82) is 0 Å². The lowest BCUT2D eigenvalue weighted by Crippen LogP contribution is -2.42. The second kappa shape index (κ2) is 14.8. The number of hydrogen-bond donors (Lipinski definition) is 2. The Balaban J connectivity index is 1.84. The Labute approximate surface area is 254 Å². The molecule has 0 aromatic carbocycles. The standard InChI is InChI=1S/C34H58O8/c1-23(2)13-11-19-31(7,37)27(39-25(5)35)17-21-33(9)29(41-33)15-16-30-34(10,42-30)22-18-28(40-26(6)36)32(8,38)20-12-14-24(3)4/h13-14,27-30,37-38H,11-12,15-22H2,1-10H3/t27-,28-,29-,30-,31+,32+,33+,34+/m1/s1. The van der Waals surface area contributed by atoms with Gasteiger partial charge in [0, 0.05) is 13.8 Å². The van der Waals surface area contributed by atoms with Crippen molar-refractivity contribution in [2.75, 3.05) is 0 Å². The Morgan fingerprint density at radius 3 is 1.36 bits per heavy atom. The summed E-state index contributed by atoms with van der Waals surface area (Å²) in [5.41, 5.74) is -0.490. The summed E-state index contributed by atoms with van der Waals surface area (Å²) in [4.78, 5) is 23.6. The zero-order valence-electron chi connectivity index (χ0n) is 27.9. The number of carbonyl (C=O) groups is 2. The van der Waals surface area contributed by atoms with Crippen LogP contribution in [0.1, 0.15) is 133 Å². The van der Waals surface area contributed by atoms with Gasteiger partial charge in [0.2, 0.25) is 0 Å². The van der Waals surface area contributed by atoms with Gasteiger partial charge in [-0.2, -0.15) is 0 Å². The Bertz CT molecular complexity index is 896. The highest BCUT2D eigenvalue weighted by Crippen LogP contribution is 2.49. The van der Waals surface area contributed by atoms with E-state index in [-0.39, 0.29) is 23.4 Å². The molecule has 0 bridgehead atoms. The van der Waals surface area contributed by atoms with Crippen LogP contribution in [0.5, 0.6) is 0 Å². The van der Waals surface area contributed by atoms with E-state index in [9.17, 15) is 19.8 Å². The second-order valence-corrected chi connectivity index (χ2v) is 14.0.